The van der Waals surface area contributed by atoms with E-state index >= 15 is 0 Å². The highest BCUT2D eigenvalue weighted by atomic mass is 19.1. The van der Waals surface area contributed by atoms with Gasteiger partial charge >= 0.3 is 0 Å². The Balaban J connectivity index is 2.33. The average Bonchev–Trinajstić information content (AvgIpc) is 2.82. The van der Waals surface area contributed by atoms with Crippen molar-refractivity contribution in [2.45, 2.75) is 0 Å². The van der Waals surface area contributed by atoms with Crippen molar-refractivity contribution in [2.75, 3.05) is 5.73 Å². The Bertz CT molecular complexity index is 719. The summed E-state index contributed by atoms with van der Waals surface area (Å²) in [5.41, 5.74) is 8.00. The van der Waals surface area contributed by atoms with Gasteiger partial charge in [-0.15, -0.1) is 0 Å². The summed E-state index contributed by atoms with van der Waals surface area (Å²) in [7, 11) is 3.60. The molecule has 92 valence electrons. The summed E-state index contributed by atoms with van der Waals surface area (Å²) in [6, 6.07) is 6.84. The maximum Gasteiger partial charge on any atom is 0.147 e. The van der Waals surface area contributed by atoms with Crippen molar-refractivity contribution >= 4 is 16.7 Å². The van der Waals surface area contributed by atoms with Crippen molar-refractivity contribution in [3.05, 3.63) is 36.3 Å². The molecule has 0 saturated heterocycles. The smallest absolute Gasteiger partial charge is 0.147 e. The van der Waals surface area contributed by atoms with Crippen LogP contribution in [0, 0.1) is 5.82 Å². The van der Waals surface area contributed by atoms with Gasteiger partial charge in [0.05, 0.1) is 11.2 Å². The van der Waals surface area contributed by atoms with Crippen LogP contribution < -0.4 is 5.73 Å². The molecule has 3 aromatic rings. The van der Waals surface area contributed by atoms with Crippen LogP contribution in [0.5, 0.6) is 0 Å². The molecule has 0 radical (unpaired) electrons. The number of hydrogen-bond donors (Lipinski definition) is 1. The van der Waals surface area contributed by atoms with E-state index in [9.17, 15) is 4.39 Å². The Labute approximate surface area is 103 Å². The lowest BCUT2D eigenvalue weighted by Crippen LogP contribution is -1.96. The fraction of sp³-hybridized carbons (Fsp3) is 0.154. The van der Waals surface area contributed by atoms with Crippen LogP contribution in [0.3, 0.4) is 0 Å². The molecule has 2 N–H and O–H groups in total. The highest BCUT2D eigenvalue weighted by molar-refractivity contribution is 5.95. The summed E-state index contributed by atoms with van der Waals surface area (Å²) in [5.74, 6) is 0.351. The van der Waals surface area contributed by atoms with Gasteiger partial charge in [-0.1, -0.05) is 12.1 Å². The topological polar surface area (TPSA) is 48.8 Å². The molecular formula is C13H13FN4. The number of nitrogen functional groups attached to an aromatic ring is 1. The predicted molar refractivity (Wildman–Crippen MR) is 69.5 cm³/mol. The molecule has 0 fully saturated rings. The standard InChI is InChI=1S/C13H13FN4/c1-17-7-9(11-6-12(15)18(2)16-11)8-4-3-5-10(14)13(8)17/h3-7H,15H2,1-2H3. The van der Waals surface area contributed by atoms with Gasteiger partial charge in [-0.05, 0) is 6.07 Å². The molecule has 0 aliphatic heterocycles. The zero-order valence-electron chi connectivity index (χ0n) is 10.2. The number of halogens is 1. The Morgan fingerprint density at radius 1 is 1.28 bits per heavy atom. The third-order valence-corrected chi connectivity index (χ3v) is 3.14. The largest absolute Gasteiger partial charge is 0.384 e. The van der Waals surface area contributed by atoms with Gasteiger partial charge in [0.25, 0.3) is 0 Å². The number of nitrogens with two attached hydrogens (primary N) is 1. The molecular weight excluding hydrogens is 231 g/mol. The predicted octanol–water partition coefficient (Wildman–Crippen LogP) is 2.30. The lowest BCUT2D eigenvalue weighted by molar-refractivity contribution is 0.632. The zero-order chi connectivity index (χ0) is 12.9. The van der Waals surface area contributed by atoms with E-state index in [2.05, 4.69) is 5.10 Å². The second-order valence-corrected chi connectivity index (χ2v) is 4.37. The first kappa shape index (κ1) is 10.8. The summed E-state index contributed by atoms with van der Waals surface area (Å²) < 4.78 is 17.2. The fourth-order valence-corrected chi connectivity index (χ4v) is 2.24. The molecule has 0 amide bonds. The number of fused-ring (bicyclic) bond motifs is 1. The molecule has 4 nitrogen and oxygen atoms in total. The second-order valence-electron chi connectivity index (χ2n) is 4.37. The minimum Gasteiger partial charge on any atom is -0.384 e. The van der Waals surface area contributed by atoms with Crippen LogP contribution in [0.15, 0.2) is 30.5 Å². The SMILES string of the molecule is Cn1nc(-c2cn(C)c3c(F)cccc23)cc1N. The maximum atomic E-state index is 13.8. The molecule has 0 aliphatic rings. The molecule has 0 unspecified atom stereocenters. The van der Waals surface area contributed by atoms with E-state index < -0.39 is 0 Å². The molecule has 3 rings (SSSR count). The monoisotopic (exact) mass is 244 g/mol. The van der Waals surface area contributed by atoms with Crippen LogP contribution >= 0.6 is 0 Å². The third kappa shape index (κ3) is 1.40. The molecule has 1 aromatic carbocycles. The van der Waals surface area contributed by atoms with E-state index in [1.165, 1.54) is 6.07 Å². The minimum absolute atomic E-state index is 0.231. The third-order valence-electron chi connectivity index (χ3n) is 3.14. The molecule has 18 heavy (non-hydrogen) atoms. The summed E-state index contributed by atoms with van der Waals surface area (Å²) in [6.45, 7) is 0. The lowest BCUT2D eigenvalue weighted by Gasteiger charge is -1.96. The average molecular weight is 244 g/mol. The number of rotatable bonds is 1. The van der Waals surface area contributed by atoms with Gasteiger partial charge in [0.15, 0.2) is 0 Å². The Morgan fingerprint density at radius 2 is 2.06 bits per heavy atom. The van der Waals surface area contributed by atoms with Gasteiger partial charge < -0.3 is 10.3 Å². The van der Waals surface area contributed by atoms with Gasteiger partial charge in [-0.25, -0.2) is 4.39 Å². The Kier molecular flexibility index (Phi) is 2.16. The molecule has 0 atom stereocenters. The Morgan fingerprint density at radius 3 is 2.72 bits per heavy atom. The van der Waals surface area contributed by atoms with E-state index in [1.807, 2.05) is 19.3 Å². The first-order chi connectivity index (χ1) is 8.58. The number of hydrogen-bond acceptors (Lipinski definition) is 2. The molecule has 0 saturated carbocycles. The van der Waals surface area contributed by atoms with Crippen LogP contribution in [0.1, 0.15) is 0 Å². The Hall–Kier alpha value is -2.30. The van der Waals surface area contributed by atoms with E-state index in [1.54, 1.807) is 28.4 Å². The van der Waals surface area contributed by atoms with Crippen LogP contribution in [-0.4, -0.2) is 14.3 Å². The van der Waals surface area contributed by atoms with Crippen LogP contribution in [0.4, 0.5) is 10.2 Å². The molecule has 0 aliphatic carbocycles. The van der Waals surface area contributed by atoms with E-state index in [-0.39, 0.29) is 5.82 Å². The summed E-state index contributed by atoms with van der Waals surface area (Å²) in [5, 5.41) is 5.17. The number of aryl methyl sites for hydroxylation is 2. The van der Waals surface area contributed by atoms with Crippen molar-refractivity contribution in [3.63, 3.8) is 0 Å². The van der Waals surface area contributed by atoms with Gasteiger partial charge in [0.1, 0.15) is 11.6 Å². The van der Waals surface area contributed by atoms with Crippen molar-refractivity contribution in [1.82, 2.24) is 14.3 Å². The van der Waals surface area contributed by atoms with Crippen molar-refractivity contribution in [3.8, 4) is 11.3 Å². The van der Waals surface area contributed by atoms with Crippen LogP contribution in [-0.2, 0) is 14.1 Å². The van der Waals surface area contributed by atoms with Crippen molar-refractivity contribution in [2.24, 2.45) is 14.1 Å². The molecule has 5 heteroatoms. The quantitative estimate of drug-likeness (QED) is 0.714. The number of benzene rings is 1. The first-order valence-electron chi connectivity index (χ1n) is 5.61. The number of para-hydroxylation sites is 1. The second kappa shape index (κ2) is 3.60. The molecule has 2 heterocycles. The van der Waals surface area contributed by atoms with Crippen LogP contribution in [0.25, 0.3) is 22.2 Å². The minimum atomic E-state index is -0.231. The van der Waals surface area contributed by atoms with Crippen molar-refractivity contribution < 1.29 is 4.39 Å². The highest BCUT2D eigenvalue weighted by Gasteiger charge is 2.14. The normalized spacial score (nSPS) is 11.3. The van der Waals surface area contributed by atoms with Gasteiger partial charge in [-0.2, -0.15) is 5.10 Å². The number of nitrogens with zero attached hydrogens (tertiary/aromatic N) is 3. The van der Waals surface area contributed by atoms with Crippen molar-refractivity contribution in [1.29, 1.82) is 0 Å². The molecule has 2 aromatic heterocycles. The fourth-order valence-electron chi connectivity index (χ4n) is 2.24. The van der Waals surface area contributed by atoms with E-state index in [4.69, 9.17) is 5.73 Å². The summed E-state index contributed by atoms with van der Waals surface area (Å²) >= 11 is 0. The van der Waals surface area contributed by atoms with Gasteiger partial charge in [0, 0.05) is 37.3 Å². The van der Waals surface area contributed by atoms with E-state index in [0.717, 1.165) is 16.6 Å². The molecule has 0 bridgehead atoms. The number of anilines is 1. The number of aromatic nitrogens is 3. The van der Waals surface area contributed by atoms with E-state index in [0.29, 0.717) is 11.3 Å². The lowest BCUT2D eigenvalue weighted by atomic mass is 10.1. The van der Waals surface area contributed by atoms with Crippen LogP contribution in [0.2, 0.25) is 0 Å². The first-order valence-corrected chi connectivity index (χ1v) is 5.61. The van der Waals surface area contributed by atoms with Gasteiger partial charge in [-0.3, -0.25) is 4.68 Å². The summed E-state index contributed by atoms with van der Waals surface area (Å²) in [6.07, 6.45) is 1.87. The summed E-state index contributed by atoms with van der Waals surface area (Å²) in [4.78, 5) is 0. The zero-order valence-corrected chi connectivity index (χ0v) is 10.2. The maximum absolute atomic E-state index is 13.8. The van der Waals surface area contributed by atoms with Gasteiger partial charge in [0.2, 0.25) is 0 Å². The molecule has 0 spiro atoms. The highest BCUT2D eigenvalue weighted by Crippen LogP contribution is 2.31.